The van der Waals surface area contributed by atoms with Crippen LogP contribution in [0.15, 0.2) is 0 Å². The normalized spacial score (nSPS) is 42.8. The third kappa shape index (κ3) is 3.46. The zero-order chi connectivity index (χ0) is 10.7. The molecule has 2 fully saturated rings. The van der Waals surface area contributed by atoms with Crippen molar-refractivity contribution in [3.8, 4) is 0 Å². The molecular weight excluding hydrogens is 186 g/mol. The second kappa shape index (κ2) is 5.31. The van der Waals surface area contributed by atoms with E-state index in [4.69, 9.17) is 0 Å². The lowest BCUT2D eigenvalue weighted by atomic mass is 9.85. The van der Waals surface area contributed by atoms with E-state index >= 15 is 0 Å². The Morgan fingerprint density at radius 3 is 2.33 bits per heavy atom. The Labute approximate surface area is 93.5 Å². The smallest absolute Gasteiger partial charge is 0.0541 e. The first-order valence-corrected chi connectivity index (χ1v) is 6.68. The molecule has 0 radical (unpaired) electrons. The van der Waals surface area contributed by atoms with Gasteiger partial charge in [0.25, 0.3) is 0 Å². The van der Waals surface area contributed by atoms with E-state index in [1.54, 1.807) is 0 Å². The zero-order valence-electron chi connectivity index (χ0n) is 9.91. The summed E-state index contributed by atoms with van der Waals surface area (Å²) in [6.07, 6.45) is 9.87. The number of rotatable bonds is 2. The highest BCUT2D eigenvalue weighted by molar-refractivity contribution is 4.83. The molecule has 88 valence electrons. The number of nitrogens with one attached hydrogen (secondary N) is 1. The van der Waals surface area contributed by atoms with Crippen molar-refractivity contribution in [2.75, 3.05) is 0 Å². The summed E-state index contributed by atoms with van der Waals surface area (Å²) in [7, 11) is 0. The fourth-order valence-electron chi connectivity index (χ4n) is 3.16. The molecule has 0 aromatic carbocycles. The average molecular weight is 211 g/mol. The van der Waals surface area contributed by atoms with Crippen LogP contribution in [0.2, 0.25) is 0 Å². The van der Waals surface area contributed by atoms with Crippen molar-refractivity contribution < 1.29 is 5.11 Å². The van der Waals surface area contributed by atoms with Crippen LogP contribution in [-0.2, 0) is 0 Å². The van der Waals surface area contributed by atoms with Gasteiger partial charge in [-0.05, 0) is 44.4 Å². The summed E-state index contributed by atoms with van der Waals surface area (Å²) in [5, 5.41) is 13.2. The molecule has 15 heavy (non-hydrogen) atoms. The lowest BCUT2D eigenvalue weighted by molar-refractivity contribution is 0.111. The predicted octanol–water partition coefficient (Wildman–Crippen LogP) is 2.46. The Morgan fingerprint density at radius 2 is 1.67 bits per heavy atom. The first-order valence-electron chi connectivity index (χ1n) is 6.68. The quantitative estimate of drug-likeness (QED) is 0.735. The molecular formula is C13H25NO. The summed E-state index contributed by atoms with van der Waals surface area (Å²) < 4.78 is 0. The van der Waals surface area contributed by atoms with Gasteiger partial charge in [-0.15, -0.1) is 0 Å². The van der Waals surface area contributed by atoms with E-state index in [2.05, 4.69) is 12.2 Å². The lowest BCUT2D eigenvalue weighted by Gasteiger charge is -2.34. The fourth-order valence-corrected chi connectivity index (χ4v) is 3.16. The van der Waals surface area contributed by atoms with Gasteiger partial charge in [-0.25, -0.2) is 0 Å². The summed E-state index contributed by atoms with van der Waals surface area (Å²) in [6, 6.07) is 1.44. The molecule has 2 aliphatic carbocycles. The van der Waals surface area contributed by atoms with Crippen molar-refractivity contribution in [2.45, 2.75) is 76.5 Å². The van der Waals surface area contributed by atoms with Gasteiger partial charge in [0.05, 0.1) is 6.10 Å². The van der Waals surface area contributed by atoms with Gasteiger partial charge < -0.3 is 10.4 Å². The van der Waals surface area contributed by atoms with E-state index in [1.807, 2.05) is 0 Å². The van der Waals surface area contributed by atoms with Crippen LogP contribution in [-0.4, -0.2) is 23.3 Å². The van der Waals surface area contributed by atoms with Crippen molar-refractivity contribution in [3.05, 3.63) is 0 Å². The molecule has 2 heteroatoms. The van der Waals surface area contributed by atoms with Crippen LogP contribution in [0, 0.1) is 5.92 Å². The van der Waals surface area contributed by atoms with Crippen molar-refractivity contribution in [3.63, 3.8) is 0 Å². The van der Waals surface area contributed by atoms with Crippen molar-refractivity contribution in [1.29, 1.82) is 0 Å². The minimum absolute atomic E-state index is 0.0201. The summed E-state index contributed by atoms with van der Waals surface area (Å²) in [5.41, 5.74) is 0. The Bertz CT molecular complexity index is 187. The van der Waals surface area contributed by atoms with Crippen LogP contribution in [0.5, 0.6) is 0 Å². The molecule has 0 amide bonds. The van der Waals surface area contributed by atoms with Crippen LogP contribution in [0.3, 0.4) is 0 Å². The number of aliphatic hydroxyl groups is 1. The van der Waals surface area contributed by atoms with Crippen molar-refractivity contribution in [1.82, 2.24) is 5.32 Å². The van der Waals surface area contributed by atoms with Gasteiger partial charge >= 0.3 is 0 Å². The van der Waals surface area contributed by atoms with Crippen LogP contribution in [0.1, 0.15) is 58.3 Å². The fraction of sp³-hybridized carbons (Fsp3) is 1.00. The largest absolute Gasteiger partial charge is 0.393 e. The summed E-state index contributed by atoms with van der Waals surface area (Å²) in [4.78, 5) is 0. The van der Waals surface area contributed by atoms with Crippen LogP contribution in [0.25, 0.3) is 0 Å². The van der Waals surface area contributed by atoms with Gasteiger partial charge in [-0.2, -0.15) is 0 Å². The zero-order valence-corrected chi connectivity index (χ0v) is 9.91. The maximum absolute atomic E-state index is 9.45. The molecule has 2 aliphatic rings. The molecule has 0 spiro atoms. The first kappa shape index (κ1) is 11.4. The topological polar surface area (TPSA) is 32.3 Å². The van der Waals surface area contributed by atoms with Gasteiger partial charge in [0.1, 0.15) is 0 Å². The Kier molecular flexibility index (Phi) is 4.04. The van der Waals surface area contributed by atoms with Crippen LogP contribution in [0.4, 0.5) is 0 Å². The highest BCUT2D eigenvalue weighted by Gasteiger charge is 2.24. The Balaban J connectivity index is 1.71. The summed E-state index contributed by atoms with van der Waals surface area (Å²) in [5.74, 6) is 0.908. The van der Waals surface area contributed by atoms with E-state index < -0.39 is 0 Å². The highest BCUT2D eigenvalue weighted by Crippen LogP contribution is 2.26. The van der Waals surface area contributed by atoms with Gasteiger partial charge in [0.2, 0.25) is 0 Å². The van der Waals surface area contributed by atoms with Gasteiger partial charge in [-0.1, -0.05) is 19.8 Å². The second-order valence-corrected chi connectivity index (χ2v) is 5.64. The SMILES string of the molecule is C[C@H]1CCC[C@@H](NC2CCC(O)CC2)C1. The van der Waals surface area contributed by atoms with E-state index in [0.717, 1.165) is 24.8 Å². The Morgan fingerprint density at radius 1 is 0.933 bits per heavy atom. The predicted molar refractivity (Wildman–Crippen MR) is 62.8 cm³/mol. The van der Waals surface area contributed by atoms with Gasteiger partial charge in [0.15, 0.2) is 0 Å². The number of hydrogen-bond donors (Lipinski definition) is 2. The maximum atomic E-state index is 9.45. The van der Waals surface area contributed by atoms with Crippen LogP contribution < -0.4 is 5.32 Å². The minimum Gasteiger partial charge on any atom is -0.393 e. The molecule has 2 N–H and O–H groups in total. The standard InChI is InChI=1S/C13H25NO/c1-10-3-2-4-12(9-10)14-11-5-7-13(15)8-6-11/h10-15H,2-9H2,1H3/t10-,11?,12+,13?/m0/s1. The second-order valence-electron chi connectivity index (χ2n) is 5.64. The molecule has 2 nitrogen and oxygen atoms in total. The van der Waals surface area contributed by atoms with E-state index in [9.17, 15) is 5.11 Å². The molecule has 0 aliphatic heterocycles. The third-order valence-corrected chi connectivity index (χ3v) is 4.10. The summed E-state index contributed by atoms with van der Waals surface area (Å²) in [6.45, 7) is 2.37. The van der Waals surface area contributed by atoms with Crippen molar-refractivity contribution in [2.24, 2.45) is 5.92 Å². The molecule has 0 unspecified atom stereocenters. The molecule has 2 rings (SSSR count). The molecule has 2 saturated carbocycles. The number of hydrogen-bond acceptors (Lipinski definition) is 2. The average Bonchev–Trinajstić information content (AvgIpc) is 2.22. The monoisotopic (exact) mass is 211 g/mol. The molecule has 0 heterocycles. The number of aliphatic hydroxyl groups excluding tert-OH is 1. The molecule has 0 bridgehead atoms. The summed E-state index contributed by atoms with van der Waals surface area (Å²) >= 11 is 0. The van der Waals surface area contributed by atoms with E-state index in [-0.39, 0.29) is 6.10 Å². The van der Waals surface area contributed by atoms with Gasteiger partial charge in [0, 0.05) is 12.1 Å². The van der Waals surface area contributed by atoms with E-state index in [0.29, 0.717) is 6.04 Å². The highest BCUT2D eigenvalue weighted by atomic mass is 16.3. The Hall–Kier alpha value is -0.0800. The van der Waals surface area contributed by atoms with E-state index in [1.165, 1.54) is 38.5 Å². The lowest BCUT2D eigenvalue weighted by Crippen LogP contribution is -2.43. The molecule has 0 aromatic rings. The van der Waals surface area contributed by atoms with Gasteiger partial charge in [-0.3, -0.25) is 0 Å². The molecule has 0 saturated heterocycles. The third-order valence-electron chi connectivity index (χ3n) is 4.10. The molecule has 0 aromatic heterocycles. The van der Waals surface area contributed by atoms with Crippen molar-refractivity contribution >= 4 is 0 Å². The van der Waals surface area contributed by atoms with Crippen LogP contribution >= 0.6 is 0 Å². The minimum atomic E-state index is -0.0201. The molecule has 2 atom stereocenters. The first-order chi connectivity index (χ1) is 7.24. The maximum Gasteiger partial charge on any atom is 0.0541 e.